The van der Waals surface area contributed by atoms with Gasteiger partial charge in [-0.3, -0.25) is 9.59 Å². The van der Waals surface area contributed by atoms with Crippen molar-refractivity contribution in [1.82, 2.24) is 0 Å². The summed E-state index contributed by atoms with van der Waals surface area (Å²) in [6, 6.07) is 5.82. The largest absolute Gasteiger partial charge is 0.309 e. The van der Waals surface area contributed by atoms with Crippen LogP contribution in [0.5, 0.6) is 0 Å². The summed E-state index contributed by atoms with van der Waals surface area (Å²) in [6.45, 7) is 7.86. The second-order valence-corrected chi connectivity index (χ2v) is 7.42. The first-order chi connectivity index (χ1) is 10.3. The van der Waals surface area contributed by atoms with E-state index in [-0.39, 0.29) is 17.7 Å². The van der Waals surface area contributed by atoms with Crippen LogP contribution in [0.3, 0.4) is 0 Å². The summed E-state index contributed by atoms with van der Waals surface area (Å²) in [7, 11) is 0. The standard InChI is InChI=1S/C18H24ClNO2/c1-12-10-14-11-13(16(21)6-5-9-19)7-8-15(14)20(12)17(22)18(2,3)4/h7-8,11-12H,5-6,9-10H2,1-4H3. The average molecular weight is 322 g/mol. The minimum Gasteiger partial charge on any atom is -0.309 e. The molecule has 120 valence electrons. The van der Waals surface area contributed by atoms with E-state index in [2.05, 4.69) is 6.92 Å². The Balaban J connectivity index is 2.28. The quantitative estimate of drug-likeness (QED) is 0.615. The lowest BCUT2D eigenvalue weighted by Crippen LogP contribution is -2.42. The number of anilines is 1. The van der Waals surface area contributed by atoms with Gasteiger partial charge in [0.25, 0.3) is 0 Å². The molecule has 0 aromatic heterocycles. The number of fused-ring (bicyclic) bond motifs is 1. The highest BCUT2D eigenvalue weighted by molar-refractivity contribution is 6.18. The molecule has 22 heavy (non-hydrogen) atoms. The van der Waals surface area contributed by atoms with Crippen LogP contribution in [-0.2, 0) is 11.2 Å². The number of benzene rings is 1. The predicted molar refractivity (Wildman–Crippen MR) is 90.8 cm³/mol. The highest BCUT2D eigenvalue weighted by Crippen LogP contribution is 2.36. The lowest BCUT2D eigenvalue weighted by atomic mass is 9.94. The number of rotatable bonds is 4. The smallest absolute Gasteiger partial charge is 0.232 e. The van der Waals surface area contributed by atoms with E-state index in [1.165, 1.54) is 0 Å². The van der Waals surface area contributed by atoms with E-state index in [1.54, 1.807) is 0 Å². The van der Waals surface area contributed by atoms with Crippen LogP contribution in [-0.4, -0.2) is 23.6 Å². The van der Waals surface area contributed by atoms with E-state index in [4.69, 9.17) is 11.6 Å². The van der Waals surface area contributed by atoms with E-state index in [1.807, 2.05) is 43.9 Å². The van der Waals surface area contributed by atoms with Gasteiger partial charge in [-0.05, 0) is 43.5 Å². The maximum atomic E-state index is 12.6. The summed E-state index contributed by atoms with van der Waals surface area (Å²) < 4.78 is 0. The summed E-state index contributed by atoms with van der Waals surface area (Å²) in [5.74, 6) is 0.748. The van der Waals surface area contributed by atoms with Gasteiger partial charge in [-0.15, -0.1) is 11.6 Å². The Morgan fingerprint density at radius 3 is 2.59 bits per heavy atom. The Labute approximate surface area is 137 Å². The number of Topliss-reactive ketones (excluding diaryl/α,β-unsaturated/α-hetero) is 1. The average Bonchev–Trinajstić information content (AvgIpc) is 2.77. The number of amides is 1. The van der Waals surface area contributed by atoms with E-state index in [0.717, 1.165) is 23.2 Å². The third-order valence-electron chi connectivity index (χ3n) is 4.01. The molecule has 1 unspecified atom stereocenters. The van der Waals surface area contributed by atoms with Gasteiger partial charge in [0.1, 0.15) is 0 Å². The fourth-order valence-electron chi connectivity index (χ4n) is 2.85. The minimum absolute atomic E-state index is 0.122. The molecule has 3 nitrogen and oxygen atoms in total. The lowest BCUT2D eigenvalue weighted by molar-refractivity contribution is -0.126. The van der Waals surface area contributed by atoms with E-state index in [9.17, 15) is 9.59 Å². The number of carbonyl (C=O) groups excluding carboxylic acids is 2. The summed E-state index contributed by atoms with van der Waals surface area (Å²) in [4.78, 5) is 26.6. The lowest BCUT2D eigenvalue weighted by Gasteiger charge is -2.29. The number of nitrogens with zero attached hydrogens (tertiary/aromatic N) is 1. The molecule has 0 spiro atoms. The molecular weight excluding hydrogens is 298 g/mol. The van der Waals surface area contributed by atoms with Gasteiger partial charge in [0.2, 0.25) is 5.91 Å². The molecule has 1 atom stereocenters. The van der Waals surface area contributed by atoms with Gasteiger partial charge in [-0.1, -0.05) is 20.8 Å². The van der Waals surface area contributed by atoms with Crippen molar-refractivity contribution < 1.29 is 9.59 Å². The predicted octanol–water partition coefficient (Wildman–Crippen LogP) is 4.21. The molecule has 1 aromatic rings. The van der Waals surface area contributed by atoms with Gasteiger partial charge in [0.15, 0.2) is 5.78 Å². The van der Waals surface area contributed by atoms with Crippen molar-refractivity contribution in [3.8, 4) is 0 Å². The molecule has 0 fully saturated rings. The molecule has 0 saturated heterocycles. The monoisotopic (exact) mass is 321 g/mol. The van der Waals surface area contributed by atoms with Crippen LogP contribution >= 0.6 is 11.6 Å². The van der Waals surface area contributed by atoms with Crippen LogP contribution in [0, 0.1) is 5.41 Å². The molecule has 0 N–H and O–H groups in total. The summed E-state index contributed by atoms with van der Waals surface area (Å²) in [6.07, 6.45) is 1.97. The van der Waals surface area contributed by atoms with Gasteiger partial charge in [0, 0.05) is 35.0 Å². The minimum atomic E-state index is -0.412. The number of carbonyl (C=O) groups is 2. The highest BCUT2D eigenvalue weighted by atomic mass is 35.5. The molecule has 0 bridgehead atoms. The first-order valence-electron chi connectivity index (χ1n) is 7.81. The Kier molecular flexibility index (Phi) is 4.96. The summed E-state index contributed by atoms with van der Waals surface area (Å²) in [5.41, 5.74) is 2.34. The topological polar surface area (TPSA) is 37.4 Å². The van der Waals surface area contributed by atoms with Crippen LogP contribution in [0.15, 0.2) is 18.2 Å². The number of halogens is 1. The molecule has 4 heteroatoms. The van der Waals surface area contributed by atoms with Crippen molar-refractivity contribution in [1.29, 1.82) is 0 Å². The summed E-state index contributed by atoms with van der Waals surface area (Å²) >= 11 is 5.65. The van der Waals surface area contributed by atoms with E-state index >= 15 is 0 Å². The van der Waals surface area contributed by atoms with Crippen molar-refractivity contribution >= 4 is 29.0 Å². The van der Waals surface area contributed by atoms with Crippen molar-refractivity contribution in [3.05, 3.63) is 29.3 Å². The van der Waals surface area contributed by atoms with Crippen molar-refractivity contribution in [2.45, 2.75) is 53.0 Å². The van der Waals surface area contributed by atoms with E-state index < -0.39 is 5.41 Å². The summed E-state index contributed by atoms with van der Waals surface area (Å²) in [5, 5.41) is 0. The molecule has 0 aliphatic carbocycles. The van der Waals surface area contributed by atoms with Crippen LogP contribution in [0.4, 0.5) is 5.69 Å². The van der Waals surface area contributed by atoms with E-state index in [0.29, 0.717) is 18.7 Å². The molecule has 0 saturated carbocycles. The first-order valence-corrected chi connectivity index (χ1v) is 8.35. The molecule has 1 aliphatic rings. The zero-order chi connectivity index (χ0) is 16.5. The van der Waals surface area contributed by atoms with Crippen molar-refractivity contribution in [3.63, 3.8) is 0 Å². The second kappa shape index (κ2) is 6.41. The SMILES string of the molecule is CC1Cc2cc(C(=O)CCCCl)ccc2N1C(=O)C(C)(C)C. The van der Waals surface area contributed by atoms with Crippen molar-refractivity contribution in [2.75, 3.05) is 10.8 Å². The molecule has 0 radical (unpaired) electrons. The van der Waals surface area contributed by atoms with Gasteiger partial charge in [0.05, 0.1) is 0 Å². The van der Waals surface area contributed by atoms with Crippen molar-refractivity contribution in [2.24, 2.45) is 5.41 Å². The zero-order valence-corrected chi connectivity index (χ0v) is 14.5. The highest BCUT2D eigenvalue weighted by Gasteiger charge is 2.36. The molecule has 1 amide bonds. The number of ketones is 1. The molecule has 2 rings (SSSR count). The van der Waals surface area contributed by atoms with Crippen LogP contribution in [0.25, 0.3) is 0 Å². The Morgan fingerprint density at radius 1 is 1.32 bits per heavy atom. The maximum absolute atomic E-state index is 12.6. The Bertz CT molecular complexity index is 589. The van der Waals surface area contributed by atoms with Gasteiger partial charge in [-0.2, -0.15) is 0 Å². The molecule has 1 aromatic carbocycles. The first kappa shape index (κ1) is 17.0. The zero-order valence-electron chi connectivity index (χ0n) is 13.8. The Hall–Kier alpha value is -1.35. The maximum Gasteiger partial charge on any atom is 0.232 e. The van der Waals surface area contributed by atoms with Crippen LogP contribution < -0.4 is 4.90 Å². The van der Waals surface area contributed by atoms with Crippen LogP contribution in [0.2, 0.25) is 0 Å². The van der Waals surface area contributed by atoms with Gasteiger partial charge < -0.3 is 4.90 Å². The number of hydrogen-bond acceptors (Lipinski definition) is 2. The normalized spacial score (nSPS) is 17.5. The molecule has 1 heterocycles. The van der Waals surface area contributed by atoms with Crippen LogP contribution in [0.1, 0.15) is 56.5 Å². The van der Waals surface area contributed by atoms with Gasteiger partial charge >= 0.3 is 0 Å². The second-order valence-electron chi connectivity index (χ2n) is 7.04. The third kappa shape index (κ3) is 3.35. The molecule has 1 aliphatic heterocycles. The number of hydrogen-bond donors (Lipinski definition) is 0. The molecular formula is C18H24ClNO2. The fourth-order valence-corrected chi connectivity index (χ4v) is 2.98. The van der Waals surface area contributed by atoms with Gasteiger partial charge in [-0.25, -0.2) is 0 Å². The Morgan fingerprint density at radius 2 is 2.00 bits per heavy atom. The third-order valence-corrected chi connectivity index (χ3v) is 4.28. The fraction of sp³-hybridized carbons (Fsp3) is 0.556. The number of alkyl halides is 1.